The van der Waals surface area contributed by atoms with Gasteiger partial charge in [0, 0.05) is 31.9 Å². The van der Waals surface area contributed by atoms with Crippen LogP contribution in [0.3, 0.4) is 0 Å². The smallest absolute Gasteiger partial charge is 0.223 e. The van der Waals surface area contributed by atoms with Crippen molar-refractivity contribution in [2.45, 2.75) is 32.9 Å². The van der Waals surface area contributed by atoms with E-state index in [0.717, 1.165) is 16.7 Å². The highest BCUT2D eigenvalue weighted by Gasteiger charge is 2.16. The number of halogens is 1. The average molecular weight is 362 g/mol. The van der Waals surface area contributed by atoms with E-state index in [1.165, 1.54) is 17.7 Å². The highest BCUT2D eigenvalue weighted by molar-refractivity contribution is 5.76. The summed E-state index contributed by atoms with van der Waals surface area (Å²) < 4.78 is 13.1. The van der Waals surface area contributed by atoms with Gasteiger partial charge >= 0.3 is 0 Å². The molecule has 3 aromatic rings. The second-order valence-electron chi connectivity index (χ2n) is 6.66. The van der Waals surface area contributed by atoms with Gasteiger partial charge in [-0.05, 0) is 53.8 Å². The predicted molar refractivity (Wildman–Crippen MR) is 104 cm³/mol. The van der Waals surface area contributed by atoms with Crippen LogP contribution in [0.4, 0.5) is 4.39 Å². The topological polar surface area (TPSA) is 33.2 Å². The summed E-state index contributed by atoms with van der Waals surface area (Å²) in [6, 6.07) is 18.3. The van der Waals surface area contributed by atoms with Crippen molar-refractivity contribution in [3.63, 3.8) is 0 Å². The van der Waals surface area contributed by atoms with Gasteiger partial charge in [0.1, 0.15) is 5.82 Å². The molecule has 0 saturated heterocycles. The molecule has 2 aromatic carbocycles. The van der Waals surface area contributed by atoms with Gasteiger partial charge in [0.15, 0.2) is 0 Å². The van der Waals surface area contributed by atoms with Crippen LogP contribution in [0, 0.1) is 12.7 Å². The Bertz CT molecular complexity index is 878. The maximum absolute atomic E-state index is 13.1. The van der Waals surface area contributed by atoms with Crippen LogP contribution < -0.4 is 0 Å². The van der Waals surface area contributed by atoms with Crippen molar-refractivity contribution >= 4 is 5.91 Å². The molecule has 0 aliphatic carbocycles. The van der Waals surface area contributed by atoms with Crippen LogP contribution in [0.25, 0.3) is 0 Å². The molecule has 27 heavy (non-hydrogen) atoms. The third-order valence-electron chi connectivity index (χ3n) is 4.61. The minimum atomic E-state index is -0.261. The van der Waals surface area contributed by atoms with Gasteiger partial charge in [-0.3, -0.25) is 9.78 Å². The zero-order chi connectivity index (χ0) is 19.1. The minimum absolute atomic E-state index is 0.0754. The Kier molecular flexibility index (Phi) is 6.31. The highest BCUT2D eigenvalue weighted by Crippen LogP contribution is 2.15. The first-order chi connectivity index (χ1) is 13.1. The zero-order valence-electron chi connectivity index (χ0n) is 15.4. The molecule has 0 fully saturated rings. The van der Waals surface area contributed by atoms with Crippen LogP contribution in [-0.4, -0.2) is 15.8 Å². The van der Waals surface area contributed by atoms with Crippen LogP contribution in [-0.2, 0) is 24.3 Å². The Balaban J connectivity index is 1.72. The van der Waals surface area contributed by atoms with Crippen molar-refractivity contribution < 1.29 is 9.18 Å². The van der Waals surface area contributed by atoms with Gasteiger partial charge in [-0.1, -0.05) is 42.5 Å². The Labute approximate surface area is 159 Å². The fraction of sp³-hybridized carbons (Fsp3) is 0.217. The Morgan fingerprint density at radius 3 is 2.44 bits per heavy atom. The predicted octanol–water partition coefficient (Wildman–Crippen LogP) is 4.69. The molecule has 0 saturated carbocycles. The molecular weight excluding hydrogens is 339 g/mol. The molecule has 0 N–H and O–H groups in total. The number of carbonyl (C=O) groups is 1. The van der Waals surface area contributed by atoms with Crippen molar-refractivity contribution in [1.82, 2.24) is 9.88 Å². The second-order valence-corrected chi connectivity index (χ2v) is 6.66. The van der Waals surface area contributed by atoms with E-state index in [1.807, 2.05) is 29.2 Å². The van der Waals surface area contributed by atoms with Crippen LogP contribution in [0.1, 0.15) is 28.7 Å². The van der Waals surface area contributed by atoms with Crippen molar-refractivity contribution in [3.8, 4) is 0 Å². The third kappa shape index (κ3) is 5.48. The molecule has 1 amide bonds. The van der Waals surface area contributed by atoms with Gasteiger partial charge in [-0.15, -0.1) is 0 Å². The van der Waals surface area contributed by atoms with E-state index in [1.54, 1.807) is 24.5 Å². The fourth-order valence-corrected chi connectivity index (χ4v) is 3.00. The second kappa shape index (κ2) is 9.08. The molecule has 0 aliphatic heterocycles. The lowest BCUT2D eigenvalue weighted by Crippen LogP contribution is -2.30. The van der Waals surface area contributed by atoms with Gasteiger partial charge in [0.05, 0.1) is 0 Å². The summed E-state index contributed by atoms with van der Waals surface area (Å²) in [6.45, 7) is 3.13. The third-order valence-corrected chi connectivity index (χ3v) is 4.61. The lowest BCUT2D eigenvalue weighted by molar-refractivity contribution is -0.132. The summed E-state index contributed by atoms with van der Waals surface area (Å²) in [7, 11) is 0. The number of nitrogens with zero attached hydrogens (tertiary/aromatic N) is 2. The number of benzene rings is 2. The van der Waals surface area contributed by atoms with Gasteiger partial charge in [-0.2, -0.15) is 0 Å². The molecule has 0 unspecified atom stereocenters. The molecule has 3 nitrogen and oxygen atoms in total. The maximum Gasteiger partial charge on any atom is 0.223 e. The van der Waals surface area contributed by atoms with Crippen LogP contribution in [0.15, 0.2) is 73.1 Å². The molecule has 1 heterocycles. The van der Waals surface area contributed by atoms with E-state index < -0.39 is 0 Å². The molecule has 4 heteroatoms. The van der Waals surface area contributed by atoms with Gasteiger partial charge < -0.3 is 4.90 Å². The number of carbonyl (C=O) groups excluding carboxylic acids is 1. The number of hydrogen-bond donors (Lipinski definition) is 0. The van der Waals surface area contributed by atoms with Crippen LogP contribution in [0.5, 0.6) is 0 Å². The molecule has 0 bridgehead atoms. The van der Waals surface area contributed by atoms with Crippen molar-refractivity contribution in [1.29, 1.82) is 0 Å². The number of rotatable bonds is 7. The maximum atomic E-state index is 13.1. The molecule has 1 aromatic heterocycles. The highest BCUT2D eigenvalue weighted by atomic mass is 19.1. The Morgan fingerprint density at radius 2 is 1.74 bits per heavy atom. The van der Waals surface area contributed by atoms with Gasteiger partial charge in [-0.25, -0.2) is 4.39 Å². The van der Waals surface area contributed by atoms with Crippen molar-refractivity contribution in [2.24, 2.45) is 0 Å². The first-order valence-corrected chi connectivity index (χ1v) is 9.07. The number of hydrogen-bond acceptors (Lipinski definition) is 2. The number of aromatic nitrogens is 1. The Hall–Kier alpha value is -3.01. The first-order valence-electron chi connectivity index (χ1n) is 9.07. The molecule has 0 aliphatic rings. The fourth-order valence-electron chi connectivity index (χ4n) is 3.00. The molecule has 0 radical (unpaired) electrons. The number of amides is 1. The standard InChI is InChI=1S/C23H23FN2O/c1-18-5-2-3-7-21(18)17-26(16-20-6-4-14-25-15-20)23(27)13-10-19-8-11-22(24)12-9-19/h2-9,11-12,14-15H,10,13,16-17H2,1H3. The molecule has 3 rings (SSSR count). The van der Waals surface area contributed by atoms with Crippen LogP contribution in [0.2, 0.25) is 0 Å². The zero-order valence-corrected chi connectivity index (χ0v) is 15.4. The quantitative estimate of drug-likeness (QED) is 0.611. The molecular formula is C23H23FN2O. The summed E-state index contributed by atoms with van der Waals surface area (Å²) in [6.07, 6.45) is 4.50. The van der Waals surface area contributed by atoms with E-state index in [2.05, 4.69) is 24.0 Å². The molecule has 138 valence electrons. The number of pyridine rings is 1. The normalized spacial score (nSPS) is 10.6. The van der Waals surface area contributed by atoms with E-state index in [0.29, 0.717) is 25.9 Å². The lowest BCUT2D eigenvalue weighted by Gasteiger charge is -2.24. The monoisotopic (exact) mass is 362 g/mol. The first kappa shape index (κ1) is 18.8. The van der Waals surface area contributed by atoms with E-state index in [-0.39, 0.29) is 11.7 Å². The SMILES string of the molecule is Cc1ccccc1CN(Cc1cccnc1)C(=O)CCc1ccc(F)cc1. The van der Waals surface area contributed by atoms with Crippen molar-refractivity contribution in [3.05, 3.63) is 101 Å². The summed E-state index contributed by atoms with van der Waals surface area (Å²) in [4.78, 5) is 18.9. The van der Waals surface area contributed by atoms with Crippen LogP contribution >= 0.6 is 0 Å². The van der Waals surface area contributed by atoms with E-state index in [9.17, 15) is 9.18 Å². The summed E-state index contributed by atoms with van der Waals surface area (Å²) >= 11 is 0. The summed E-state index contributed by atoms with van der Waals surface area (Å²) in [5.41, 5.74) is 4.26. The van der Waals surface area contributed by atoms with E-state index in [4.69, 9.17) is 0 Å². The minimum Gasteiger partial charge on any atom is -0.334 e. The molecule has 0 atom stereocenters. The molecule has 0 spiro atoms. The summed E-state index contributed by atoms with van der Waals surface area (Å²) in [5.74, 6) is -0.186. The average Bonchev–Trinajstić information content (AvgIpc) is 2.69. The largest absolute Gasteiger partial charge is 0.334 e. The lowest BCUT2D eigenvalue weighted by atomic mass is 10.1. The summed E-state index contributed by atoms with van der Waals surface area (Å²) in [5, 5.41) is 0. The van der Waals surface area contributed by atoms with Crippen molar-refractivity contribution in [2.75, 3.05) is 0 Å². The van der Waals surface area contributed by atoms with E-state index >= 15 is 0 Å². The van der Waals surface area contributed by atoms with Gasteiger partial charge in [0.25, 0.3) is 0 Å². The Morgan fingerprint density at radius 1 is 0.963 bits per heavy atom. The number of aryl methyl sites for hydroxylation is 2. The van der Waals surface area contributed by atoms with Gasteiger partial charge in [0.2, 0.25) is 5.91 Å².